The number of aliphatic carboxylic acids is 2. The van der Waals surface area contributed by atoms with Crippen LogP contribution in [0.4, 0.5) is 17.6 Å². The van der Waals surface area contributed by atoms with Crippen LogP contribution in [0.5, 0.6) is 5.75 Å². The van der Waals surface area contributed by atoms with Gasteiger partial charge in [-0.15, -0.1) is 0 Å². The van der Waals surface area contributed by atoms with E-state index < -0.39 is 24.2 Å². The minimum Gasteiger partial charge on any atom is -0.479 e. The molecular weight excluding hydrogens is 326 g/mol. The van der Waals surface area contributed by atoms with Crippen LogP contribution in [0.15, 0.2) is 18.2 Å². The van der Waals surface area contributed by atoms with Gasteiger partial charge >= 0.3 is 18.1 Å². The molecule has 23 heavy (non-hydrogen) atoms. The van der Waals surface area contributed by atoms with Gasteiger partial charge in [-0.2, -0.15) is 13.2 Å². The van der Waals surface area contributed by atoms with Gasteiger partial charge in [0.1, 0.15) is 11.6 Å². The van der Waals surface area contributed by atoms with E-state index in [9.17, 15) is 22.4 Å². The molecule has 0 saturated carbocycles. The van der Waals surface area contributed by atoms with Crippen LogP contribution in [-0.2, 0) is 16.1 Å². The van der Waals surface area contributed by atoms with Crippen LogP contribution in [0.3, 0.4) is 0 Å². The second kappa shape index (κ2) is 8.93. The predicted octanol–water partition coefficient (Wildman–Crippen LogP) is 2.03. The van der Waals surface area contributed by atoms with Crippen LogP contribution in [0, 0.1) is 5.82 Å². The summed E-state index contributed by atoms with van der Waals surface area (Å²) in [4.78, 5) is 19.5. The van der Waals surface area contributed by atoms with Crippen molar-refractivity contribution in [2.45, 2.75) is 25.7 Å². The average Bonchev–Trinajstić information content (AvgIpc) is 2.41. The van der Waals surface area contributed by atoms with Crippen molar-refractivity contribution in [3.8, 4) is 5.75 Å². The number of benzene rings is 1. The first-order valence-electron chi connectivity index (χ1n) is 6.11. The van der Waals surface area contributed by atoms with Crippen molar-refractivity contribution < 1.29 is 42.1 Å². The van der Waals surface area contributed by atoms with Gasteiger partial charge in [0.05, 0.1) is 0 Å². The van der Waals surface area contributed by atoms with Crippen LogP contribution in [0.25, 0.3) is 0 Å². The zero-order chi connectivity index (χ0) is 18.2. The van der Waals surface area contributed by atoms with Gasteiger partial charge in [0.15, 0.2) is 6.10 Å². The number of carboxylic acid groups (broad SMARTS) is 2. The molecule has 0 aliphatic heterocycles. The Kier molecular flexibility index (Phi) is 8.02. The molecule has 1 aromatic carbocycles. The summed E-state index contributed by atoms with van der Waals surface area (Å²) in [6, 6.07) is 3.99. The molecular formula is C13H15F4NO5. The Morgan fingerprint density at radius 2 is 1.83 bits per heavy atom. The summed E-state index contributed by atoms with van der Waals surface area (Å²) in [5.74, 6) is -3.81. The number of ether oxygens (including phenoxy) is 1. The fraction of sp³-hybridized carbons (Fsp3) is 0.385. The molecule has 0 aliphatic rings. The molecule has 1 atom stereocenters. The van der Waals surface area contributed by atoms with E-state index in [1.54, 1.807) is 7.05 Å². The number of carbonyl (C=O) groups is 2. The van der Waals surface area contributed by atoms with Crippen LogP contribution in [0.2, 0.25) is 0 Å². The van der Waals surface area contributed by atoms with Crippen molar-refractivity contribution in [2.75, 3.05) is 7.05 Å². The van der Waals surface area contributed by atoms with Gasteiger partial charge in [0.2, 0.25) is 0 Å². The first kappa shape index (κ1) is 20.6. The molecule has 0 heterocycles. The molecule has 0 radical (unpaired) electrons. The summed E-state index contributed by atoms with van der Waals surface area (Å²) < 4.78 is 49.9. The largest absolute Gasteiger partial charge is 0.490 e. The molecule has 0 bridgehead atoms. The molecule has 0 fully saturated rings. The van der Waals surface area contributed by atoms with E-state index in [1.165, 1.54) is 25.1 Å². The maximum atomic E-state index is 13.0. The molecule has 10 heteroatoms. The first-order valence-corrected chi connectivity index (χ1v) is 6.11. The van der Waals surface area contributed by atoms with Gasteiger partial charge in [-0.25, -0.2) is 14.0 Å². The van der Waals surface area contributed by atoms with Crippen molar-refractivity contribution in [3.05, 3.63) is 29.6 Å². The Morgan fingerprint density at radius 1 is 1.30 bits per heavy atom. The SMILES string of the molecule is CNCc1cc(F)ccc1OC(C)C(=O)O.O=C(O)C(F)(F)F. The second-order valence-corrected chi connectivity index (χ2v) is 4.18. The van der Waals surface area contributed by atoms with E-state index >= 15 is 0 Å². The Labute approximate surface area is 128 Å². The van der Waals surface area contributed by atoms with E-state index in [0.29, 0.717) is 17.9 Å². The second-order valence-electron chi connectivity index (χ2n) is 4.18. The number of hydrogen-bond acceptors (Lipinski definition) is 4. The van der Waals surface area contributed by atoms with Gasteiger partial charge in [-0.05, 0) is 32.2 Å². The highest BCUT2D eigenvalue weighted by atomic mass is 19.4. The minimum atomic E-state index is -5.08. The molecule has 3 N–H and O–H groups in total. The molecule has 0 amide bonds. The zero-order valence-corrected chi connectivity index (χ0v) is 12.1. The molecule has 0 spiro atoms. The summed E-state index contributed by atoms with van der Waals surface area (Å²) in [5, 5.41) is 18.7. The van der Waals surface area contributed by atoms with Crippen molar-refractivity contribution in [1.82, 2.24) is 5.32 Å². The molecule has 6 nitrogen and oxygen atoms in total. The maximum Gasteiger partial charge on any atom is 0.490 e. The van der Waals surface area contributed by atoms with E-state index in [4.69, 9.17) is 19.7 Å². The summed E-state index contributed by atoms with van der Waals surface area (Å²) in [6.45, 7) is 1.84. The van der Waals surface area contributed by atoms with E-state index in [0.717, 1.165) is 0 Å². The highest BCUT2D eigenvalue weighted by Crippen LogP contribution is 2.21. The lowest BCUT2D eigenvalue weighted by Crippen LogP contribution is -2.23. The summed E-state index contributed by atoms with van der Waals surface area (Å²) in [6.07, 6.45) is -6.04. The Morgan fingerprint density at radius 3 is 2.22 bits per heavy atom. The van der Waals surface area contributed by atoms with E-state index in [1.807, 2.05) is 0 Å². The Balaban J connectivity index is 0.000000585. The van der Waals surface area contributed by atoms with E-state index in [2.05, 4.69) is 5.32 Å². The van der Waals surface area contributed by atoms with Crippen LogP contribution in [0.1, 0.15) is 12.5 Å². The fourth-order valence-corrected chi connectivity index (χ4v) is 1.23. The number of halogens is 4. The van der Waals surface area contributed by atoms with Crippen LogP contribution in [-0.4, -0.2) is 41.5 Å². The number of rotatable bonds is 5. The van der Waals surface area contributed by atoms with Crippen LogP contribution < -0.4 is 10.1 Å². The zero-order valence-electron chi connectivity index (χ0n) is 12.1. The summed E-state index contributed by atoms with van der Waals surface area (Å²) in [5.41, 5.74) is 0.593. The monoisotopic (exact) mass is 341 g/mol. The average molecular weight is 341 g/mol. The normalized spacial score (nSPS) is 11.9. The minimum absolute atomic E-state index is 0.374. The van der Waals surface area contributed by atoms with Crippen molar-refractivity contribution in [1.29, 1.82) is 0 Å². The molecule has 1 unspecified atom stereocenters. The number of carboxylic acids is 2. The number of nitrogens with one attached hydrogen (secondary N) is 1. The highest BCUT2D eigenvalue weighted by Gasteiger charge is 2.38. The maximum absolute atomic E-state index is 13.0. The molecule has 130 valence electrons. The third-order valence-corrected chi connectivity index (χ3v) is 2.28. The predicted molar refractivity (Wildman–Crippen MR) is 70.6 cm³/mol. The fourth-order valence-electron chi connectivity index (χ4n) is 1.23. The lowest BCUT2D eigenvalue weighted by Gasteiger charge is -2.14. The molecule has 0 aromatic heterocycles. The molecule has 1 rings (SSSR count). The van der Waals surface area contributed by atoms with Crippen LogP contribution >= 0.6 is 0 Å². The Hall–Kier alpha value is -2.36. The third kappa shape index (κ3) is 8.00. The van der Waals surface area contributed by atoms with Gasteiger partial charge in [0, 0.05) is 12.1 Å². The lowest BCUT2D eigenvalue weighted by molar-refractivity contribution is -0.192. The highest BCUT2D eigenvalue weighted by molar-refractivity contribution is 5.73. The van der Waals surface area contributed by atoms with Gasteiger partial charge in [-0.3, -0.25) is 0 Å². The summed E-state index contributed by atoms with van der Waals surface area (Å²) >= 11 is 0. The van der Waals surface area contributed by atoms with Gasteiger partial charge in [0.25, 0.3) is 0 Å². The molecule has 1 aromatic rings. The van der Waals surface area contributed by atoms with Gasteiger partial charge < -0.3 is 20.3 Å². The summed E-state index contributed by atoms with van der Waals surface area (Å²) in [7, 11) is 1.72. The smallest absolute Gasteiger partial charge is 0.479 e. The van der Waals surface area contributed by atoms with Crippen molar-refractivity contribution in [2.24, 2.45) is 0 Å². The molecule has 0 aliphatic carbocycles. The van der Waals surface area contributed by atoms with E-state index in [-0.39, 0.29) is 5.82 Å². The quantitative estimate of drug-likeness (QED) is 0.709. The standard InChI is InChI=1S/C11H14FNO3.C2HF3O2/c1-7(11(14)15)16-10-4-3-9(12)5-8(10)6-13-2;3-2(4,5)1(6)7/h3-5,7,13H,6H2,1-2H3,(H,14,15);(H,6,7). The number of hydrogen-bond donors (Lipinski definition) is 3. The van der Waals surface area contributed by atoms with Crippen molar-refractivity contribution in [3.63, 3.8) is 0 Å². The lowest BCUT2D eigenvalue weighted by atomic mass is 10.2. The first-order chi connectivity index (χ1) is 10.5. The van der Waals surface area contributed by atoms with Crippen molar-refractivity contribution >= 4 is 11.9 Å². The topological polar surface area (TPSA) is 95.9 Å². The molecule has 0 saturated heterocycles. The Bertz CT molecular complexity index is 548. The third-order valence-electron chi connectivity index (χ3n) is 2.28. The number of alkyl halides is 3. The van der Waals surface area contributed by atoms with Gasteiger partial charge in [-0.1, -0.05) is 0 Å².